The molecular weight excluding hydrogens is 432 g/mol. The molecule has 3 N–H and O–H groups in total. The Balaban J connectivity index is 1.71. The summed E-state index contributed by atoms with van der Waals surface area (Å²) < 4.78 is 23.5. The highest BCUT2D eigenvalue weighted by atomic mass is 32.2. The molecule has 0 bridgehead atoms. The molecule has 10 nitrogen and oxygen atoms in total. The zero-order valence-corrected chi connectivity index (χ0v) is 17.7. The fraction of sp³-hybridized carbons (Fsp3) is 0.389. The van der Waals surface area contributed by atoms with Gasteiger partial charge in [0.25, 0.3) is 0 Å². The van der Waals surface area contributed by atoms with Crippen LogP contribution in [-0.2, 0) is 21.1 Å². The lowest BCUT2D eigenvalue weighted by Crippen LogP contribution is -2.20. The van der Waals surface area contributed by atoms with Gasteiger partial charge in [-0.1, -0.05) is 24.2 Å². The Hall–Kier alpha value is -2.86. The van der Waals surface area contributed by atoms with Crippen LogP contribution in [0.4, 0.5) is 15.6 Å². The van der Waals surface area contributed by atoms with Crippen molar-refractivity contribution in [3.8, 4) is 0 Å². The highest BCUT2D eigenvalue weighted by Gasteiger charge is 2.25. The number of hydrogen-bond acceptors (Lipinski definition) is 8. The first kappa shape index (κ1) is 21.8. The van der Waals surface area contributed by atoms with Crippen LogP contribution < -0.4 is 10.6 Å². The minimum absolute atomic E-state index is 0.0426. The molecule has 0 spiro atoms. The van der Waals surface area contributed by atoms with Gasteiger partial charge in [-0.25, -0.2) is 18.2 Å². The largest absolute Gasteiger partial charge is 0.481 e. The van der Waals surface area contributed by atoms with Crippen LogP contribution in [0, 0.1) is 5.92 Å². The maximum Gasteiger partial charge on any atom is 0.325 e. The molecule has 2 aromatic heterocycles. The number of pyridine rings is 1. The molecule has 0 aromatic carbocycles. The zero-order chi connectivity index (χ0) is 21.9. The van der Waals surface area contributed by atoms with Crippen molar-refractivity contribution in [2.45, 2.75) is 36.3 Å². The number of hydrogen-bond donors (Lipinski definition) is 3. The topological polar surface area (TPSA) is 155 Å². The number of nitrogens with zero attached hydrogens (tertiary/aromatic N) is 2. The molecule has 2 amide bonds. The molecule has 2 aromatic rings. The Labute approximate surface area is 176 Å². The summed E-state index contributed by atoms with van der Waals surface area (Å²) >= 11 is 0.671. The van der Waals surface area contributed by atoms with Crippen molar-refractivity contribution in [1.29, 1.82) is 0 Å². The lowest BCUT2D eigenvalue weighted by atomic mass is 9.99. The number of anilines is 2. The lowest BCUT2D eigenvalue weighted by Gasteiger charge is -2.09. The van der Waals surface area contributed by atoms with E-state index in [1.165, 1.54) is 18.3 Å². The molecule has 0 atom stereocenters. The highest BCUT2D eigenvalue weighted by molar-refractivity contribution is 7.92. The van der Waals surface area contributed by atoms with Gasteiger partial charge in [-0.05, 0) is 25.0 Å². The summed E-state index contributed by atoms with van der Waals surface area (Å²) in [4.78, 5) is 43.7. The smallest absolute Gasteiger partial charge is 0.325 e. The van der Waals surface area contributed by atoms with Gasteiger partial charge in [0.05, 0.1) is 12.1 Å². The Morgan fingerprint density at radius 1 is 1.23 bits per heavy atom. The molecule has 1 aliphatic carbocycles. The van der Waals surface area contributed by atoms with Gasteiger partial charge in [0.2, 0.25) is 0 Å². The normalized spacial score (nSPS) is 14.4. The average Bonchev–Trinajstić information content (AvgIpc) is 3.30. The van der Waals surface area contributed by atoms with Gasteiger partial charge in [0.1, 0.15) is 9.90 Å². The van der Waals surface area contributed by atoms with Crippen molar-refractivity contribution < 1.29 is 27.9 Å². The summed E-state index contributed by atoms with van der Waals surface area (Å²) in [6.45, 7) is 0. The summed E-state index contributed by atoms with van der Waals surface area (Å²) in [5, 5.41) is 13.8. The first-order valence-electron chi connectivity index (χ1n) is 9.13. The van der Waals surface area contributed by atoms with Crippen LogP contribution in [0.25, 0.3) is 0 Å². The molecule has 12 heteroatoms. The Morgan fingerprint density at radius 2 is 1.93 bits per heavy atom. The summed E-state index contributed by atoms with van der Waals surface area (Å²) in [6, 6.07) is 2.29. The molecule has 3 rings (SSSR count). The van der Waals surface area contributed by atoms with E-state index < -0.39 is 28.3 Å². The van der Waals surface area contributed by atoms with Gasteiger partial charge in [0.15, 0.2) is 20.8 Å². The minimum atomic E-state index is -3.70. The van der Waals surface area contributed by atoms with E-state index in [0.717, 1.165) is 31.9 Å². The molecule has 0 unspecified atom stereocenters. The first-order chi connectivity index (χ1) is 14.1. The number of aliphatic carboxylic acids is 1. The molecule has 1 saturated carbocycles. The van der Waals surface area contributed by atoms with Crippen molar-refractivity contribution in [3.63, 3.8) is 0 Å². The Morgan fingerprint density at radius 3 is 2.57 bits per heavy atom. The second kappa shape index (κ2) is 8.88. The minimum Gasteiger partial charge on any atom is -0.481 e. The van der Waals surface area contributed by atoms with E-state index in [1.54, 1.807) is 0 Å². The predicted octanol–water partition coefficient (Wildman–Crippen LogP) is 2.59. The van der Waals surface area contributed by atoms with Gasteiger partial charge < -0.3 is 10.4 Å². The number of carboxylic acid groups (broad SMARTS) is 1. The number of nitrogens with one attached hydrogen (secondary N) is 2. The maximum atomic E-state index is 12.5. The molecule has 160 valence electrons. The molecule has 0 saturated heterocycles. The van der Waals surface area contributed by atoms with Crippen LogP contribution in [0.1, 0.15) is 41.9 Å². The van der Waals surface area contributed by atoms with Crippen LogP contribution in [0.5, 0.6) is 0 Å². The van der Waals surface area contributed by atoms with Gasteiger partial charge in [-0.3, -0.25) is 19.9 Å². The molecule has 1 aliphatic rings. The van der Waals surface area contributed by atoms with E-state index in [-0.39, 0.29) is 32.4 Å². The third-order valence-electron chi connectivity index (χ3n) is 4.53. The van der Waals surface area contributed by atoms with Gasteiger partial charge in [-0.2, -0.15) is 0 Å². The monoisotopic (exact) mass is 452 g/mol. The number of urea groups is 1. The van der Waals surface area contributed by atoms with Crippen LogP contribution in [-0.4, -0.2) is 47.5 Å². The summed E-state index contributed by atoms with van der Waals surface area (Å²) in [5.41, 5.74) is 0.477. The van der Waals surface area contributed by atoms with Crippen molar-refractivity contribution >= 4 is 49.8 Å². The van der Waals surface area contributed by atoms with Crippen molar-refractivity contribution in [1.82, 2.24) is 9.97 Å². The van der Waals surface area contributed by atoms with E-state index in [1.807, 2.05) is 0 Å². The van der Waals surface area contributed by atoms with Crippen molar-refractivity contribution in [2.75, 3.05) is 16.9 Å². The SMILES string of the molecule is CS(=O)(=O)c1sc(NC(=O)Nc2ccnc(C(=O)C3CCCC3)c2)nc1CC(=O)O. The van der Waals surface area contributed by atoms with Crippen LogP contribution in [0.2, 0.25) is 0 Å². The zero-order valence-electron chi connectivity index (χ0n) is 16.0. The fourth-order valence-electron chi connectivity index (χ4n) is 3.24. The number of sulfone groups is 1. The number of carboxylic acids is 1. The predicted molar refractivity (Wildman–Crippen MR) is 110 cm³/mol. The second-order valence-corrected chi connectivity index (χ2v) is 10.2. The summed E-state index contributed by atoms with van der Waals surface area (Å²) in [7, 11) is -3.70. The highest BCUT2D eigenvalue weighted by Crippen LogP contribution is 2.29. The Bertz CT molecular complexity index is 1090. The van der Waals surface area contributed by atoms with Crippen LogP contribution >= 0.6 is 11.3 Å². The number of amides is 2. The maximum absolute atomic E-state index is 12.5. The third-order valence-corrected chi connectivity index (χ3v) is 7.41. The quantitative estimate of drug-likeness (QED) is 0.541. The molecular formula is C18H20N4O6S2. The molecule has 0 radical (unpaired) electrons. The van der Waals surface area contributed by atoms with Crippen molar-refractivity contribution in [2.24, 2.45) is 5.92 Å². The number of aromatic nitrogens is 2. The summed E-state index contributed by atoms with van der Waals surface area (Å²) in [6.07, 6.45) is 5.49. The molecule has 0 aliphatic heterocycles. The lowest BCUT2D eigenvalue weighted by molar-refractivity contribution is -0.136. The van der Waals surface area contributed by atoms with Crippen LogP contribution in [0.15, 0.2) is 22.5 Å². The average molecular weight is 453 g/mol. The van der Waals surface area contributed by atoms with Gasteiger partial charge in [0, 0.05) is 24.1 Å². The number of ketones is 1. The number of carbonyl (C=O) groups is 3. The second-order valence-electron chi connectivity index (χ2n) is 6.95. The van der Waals surface area contributed by atoms with E-state index in [9.17, 15) is 22.8 Å². The number of rotatable bonds is 7. The molecule has 30 heavy (non-hydrogen) atoms. The Kier molecular flexibility index (Phi) is 6.46. The van der Waals surface area contributed by atoms with Crippen molar-refractivity contribution in [3.05, 3.63) is 29.7 Å². The number of thiazole rings is 1. The fourth-order valence-corrected chi connectivity index (χ4v) is 5.33. The van der Waals surface area contributed by atoms with Gasteiger partial charge >= 0.3 is 12.0 Å². The van der Waals surface area contributed by atoms with Gasteiger partial charge in [-0.15, -0.1) is 0 Å². The standard InChI is InChI=1S/C18H20N4O6S2/c1-30(27,28)16-13(9-14(23)24)21-18(29-16)22-17(26)20-11-6-7-19-12(8-11)15(25)10-4-2-3-5-10/h6-8,10H,2-5,9H2,1H3,(H,23,24)(H2,19,20,21,22,26). The van der Waals surface area contributed by atoms with E-state index in [0.29, 0.717) is 17.0 Å². The van der Waals surface area contributed by atoms with E-state index >= 15 is 0 Å². The van der Waals surface area contributed by atoms with Crippen LogP contribution in [0.3, 0.4) is 0 Å². The first-order valence-corrected chi connectivity index (χ1v) is 11.8. The third kappa shape index (κ3) is 5.39. The van der Waals surface area contributed by atoms with E-state index in [2.05, 4.69) is 20.6 Å². The molecule has 1 fully saturated rings. The molecule has 2 heterocycles. The number of Topliss-reactive ketones (excluding diaryl/α,β-unsaturated/α-hetero) is 1. The number of carbonyl (C=O) groups excluding carboxylic acids is 2. The summed E-state index contributed by atoms with van der Waals surface area (Å²) in [5.74, 6) is -1.33. The van der Waals surface area contributed by atoms with E-state index in [4.69, 9.17) is 5.11 Å².